The van der Waals surface area contributed by atoms with Gasteiger partial charge in [0.25, 0.3) is 0 Å². The molecule has 8 heteroatoms. The average molecular weight is 487 g/mol. The van der Waals surface area contributed by atoms with Gasteiger partial charge in [0.05, 0.1) is 11.0 Å². The number of H-pyrrole nitrogens is 2. The summed E-state index contributed by atoms with van der Waals surface area (Å²) in [5.41, 5.74) is 8.79. The Kier molecular flexibility index (Phi) is 5.44. The van der Waals surface area contributed by atoms with Crippen molar-refractivity contribution >= 4 is 22.1 Å². The third-order valence-electron chi connectivity index (χ3n) is 7.26. The van der Waals surface area contributed by atoms with Crippen molar-refractivity contribution in [2.24, 2.45) is 5.92 Å². The maximum atomic E-state index is 4.79. The van der Waals surface area contributed by atoms with Crippen LogP contribution in [-0.4, -0.2) is 48.2 Å². The zero-order valence-electron chi connectivity index (χ0n) is 20.3. The van der Waals surface area contributed by atoms with Crippen LogP contribution >= 0.6 is 0 Å². The lowest BCUT2D eigenvalue weighted by molar-refractivity contribution is 0.372. The topological polar surface area (TPSA) is 108 Å². The summed E-state index contributed by atoms with van der Waals surface area (Å²) >= 11 is 0. The normalized spacial score (nSPS) is 14.5. The van der Waals surface area contributed by atoms with Crippen LogP contribution in [0.1, 0.15) is 18.4 Å². The Morgan fingerprint density at radius 1 is 0.865 bits per heavy atom. The van der Waals surface area contributed by atoms with Crippen molar-refractivity contribution in [2.75, 3.05) is 13.1 Å². The van der Waals surface area contributed by atoms with E-state index in [1.807, 2.05) is 36.8 Å². The second-order valence-electron chi connectivity index (χ2n) is 9.70. The van der Waals surface area contributed by atoms with Crippen molar-refractivity contribution in [2.45, 2.75) is 19.3 Å². The fourth-order valence-electron chi connectivity index (χ4n) is 5.34. The van der Waals surface area contributed by atoms with E-state index < -0.39 is 0 Å². The molecule has 0 spiro atoms. The monoisotopic (exact) mass is 486 g/mol. The first-order valence-electron chi connectivity index (χ1n) is 12.7. The SMILES string of the molecule is c1cncc(-c2ccnc3nc(-c4n[nH]c5ccc(-c6cncc(CC7CCNCC7)c6)cc45)[nH]c23)c1. The molecule has 0 atom stereocenters. The third-order valence-corrected chi connectivity index (χ3v) is 7.26. The fraction of sp³-hybridized carbons (Fsp3) is 0.207. The van der Waals surface area contributed by atoms with Crippen molar-refractivity contribution in [3.05, 3.63) is 79.0 Å². The lowest BCUT2D eigenvalue weighted by atomic mass is 9.91. The molecule has 5 aromatic heterocycles. The molecule has 182 valence electrons. The molecule has 37 heavy (non-hydrogen) atoms. The molecule has 0 bridgehead atoms. The molecule has 6 heterocycles. The predicted octanol–water partition coefficient (Wildman–Crippen LogP) is 5.17. The lowest BCUT2D eigenvalue weighted by Crippen LogP contribution is -2.28. The van der Waals surface area contributed by atoms with E-state index in [4.69, 9.17) is 4.98 Å². The first-order valence-corrected chi connectivity index (χ1v) is 12.7. The van der Waals surface area contributed by atoms with Gasteiger partial charge in [-0.25, -0.2) is 9.97 Å². The summed E-state index contributed by atoms with van der Waals surface area (Å²) < 4.78 is 0. The highest BCUT2D eigenvalue weighted by atomic mass is 15.1. The Hall–Kier alpha value is -4.43. The Morgan fingerprint density at radius 3 is 2.68 bits per heavy atom. The Morgan fingerprint density at radius 2 is 1.78 bits per heavy atom. The van der Waals surface area contributed by atoms with Gasteiger partial charge in [-0.15, -0.1) is 0 Å². The van der Waals surface area contributed by atoms with Gasteiger partial charge in [-0.05, 0) is 79.7 Å². The highest BCUT2D eigenvalue weighted by molar-refractivity contribution is 5.97. The van der Waals surface area contributed by atoms with E-state index >= 15 is 0 Å². The number of rotatable bonds is 5. The Labute approximate surface area is 213 Å². The first-order chi connectivity index (χ1) is 18.3. The highest BCUT2D eigenvalue weighted by Crippen LogP contribution is 2.32. The summed E-state index contributed by atoms with van der Waals surface area (Å²) in [6.07, 6.45) is 12.9. The van der Waals surface area contributed by atoms with Crippen LogP contribution in [0.25, 0.3) is 55.8 Å². The number of aromatic amines is 2. The number of fused-ring (bicyclic) bond motifs is 2. The second-order valence-corrected chi connectivity index (χ2v) is 9.70. The van der Waals surface area contributed by atoms with Crippen LogP contribution in [0.5, 0.6) is 0 Å². The molecule has 1 aromatic carbocycles. The third kappa shape index (κ3) is 4.15. The van der Waals surface area contributed by atoms with Crippen molar-refractivity contribution in [3.63, 3.8) is 0 Å². The maximum absolute atomic E-state index is 4.79. The molecule has 6 aromatic rings. The van der Waals surface area contributed by atoms with Crippen molar-refractivity contribution < 1.29 is 0 Å². The zero-order chi connectivity index (χ0) is 24.6. The number of nitrogens with one attached hydrogen (secondary N) is 3. The molecule has 1 aliphatic heterocycles. The van der Waals surface area contributed by atoms with Gasteiger partial charge in [-0.2, -0.15) is 5.10 Å². The van der Waals surface area contributed by atoms with E-state index in [0.29, 0.717) is 11.5 Å². The van der Waals surface area contributed by atoms with E-state index in [-0.39, 0.29) is 0 Å². The Bertz CT molecular complexity index is 1700. The van der Waals surface area contributed by atoms with Gasteiger partial charge in [0, 0.05) is 53.1 Å². The minimum absolute atomic E-state index is 0.651. The molecule has 7 rings (SSSR count). The number of hydrogen-bond donors (Lipinski definition) is 3. The van der Waals surface area contributed by atoms with Crippen LogP contribution in [0.4, 0.5) is 0 Å². The molecule has 8 nitrogen and oxygen atoms in total. The number of aromatic nitrogens is 7. The van der Waals surface area contributed by atoms with Crippen molar-refractivity contribution in [1.29, 1.82) is 0 Å². The van der Waals surface area contributed by atoms with Gasteiger partial charge in [0.1, 0.15) is 5.69 Å². The molecule has 0 unspecified atom stereocenters. The lowest BCUT2D eigenvalue weighted by Gasteiger charge is -2.22. The smallest absolute Gasteiger partial charge is 0.178 e. The van der Waals surface area contributed by atoms with Crippen LogP contribution < -0.4 is 5.32 Å². The van der Waals surface area contributed by atoms with Gasteiger partial charge in [-0.3, -0.25) is 15.1 Å². The minimum atomic E-state index is 0.651. The van der Waals surface area contributed by atoms with Crippen LogP contribution in [0, 0.1) is 5.92 Å². The van der Waals surface area contributed by atoms with E-state index in [1.54, 1.807) is 12.4 Å². The summed E-state index contributed by atoms with van der Waals surface area (Å²) in [5.74, 6) is 1.40. The van der Waals surface area contributed by atoms with Gasteiger partial charge in [0.15, 0.2) is 11.5 Å². The van der Waals surface area contributed by atoms with E-state index in [2.05, 4.69) is 59.7 Å². The largest absolute Gasteiger partial charge is 0.335 e. The summed E-state index contributed by atoms with van der Waals surface area (Å²) in [4.78, 5) is 21.6. The number of nitrogens with zero attached hydrogens (tertiary/aromatic N) is 5. The van der Waals surface area contributed by atoms with E-state index in [1.165, 1.54) is 18.4 Å². The van der Waals surface area contributed by atoms with Gasteiger partial charge < -0.3 is 10.3 Å². The van der Waals surface area contributed by atoms with Crippen molar-refractivity contribution in [1.82, 2.24) is 40.4 Å². The predicted molar refractivity (Wildman–Crippen MR) is 145 cm³/mol. The average Bonchev–Trinajstić information content (AvgIpc) is 3.58. The fourth-order valence-corrected chi connectivity index (χ4v) is 5.34. The van der Waals surface area contributed by atoms with E-state index in [0.717, 1.165) is 69.8 Å². The number of pyridine rings is 3. The summed E-state index contributed by atoms with van der Waals surface area (Å²) in [5, 5.41) is 12.2. The number of benzene rings is 1. The summed E-state index contributed by atoms with van der Waals surface area (Å²) in [6.45, 7) is 2.22. The number of hydrogen-bond acceptors (Lipinski definition) is 6. The van der Waals surface area contributed by atoms with Crippen LogP contribution in [0.2, 0.25) is 0 Å². The van der Waals surface area contributed by atoms with E-state index in [9.17, 15) is 0 Å². The minimum Gasteiger partial charge on any atom is -0.335 e. The van der Waals surface area contributed by atoms with Gasteiger partial charge in [0.2, 0.25) is 0 Å². The molecule has 0 radical (unpaired) electrons. The highest BCUT2D eigenvalue weighted by Gasteiger charge is 2.17. The van der Waals surface area contributed by atoms with Crippen LogP contribution in [-0.2, 0) is 6.42 Å². The molecule has 1 saturated heterocycles. The number of piperidine rings is 1. The Balaban J connectivity index is 1.26. The van der Waals surface area contributed by atoms with Crippen LogP contribution in [0.3, 0.4) is 0 Å². The molecular weight excluding hydrogens is 460 g/mol. The molecule has 3 N–H and O–H groups in total. The van der Waals surface area contributed by atoms with Gasteiger partial charge >= 0.3 is 0 Å². The molecular formula is C29H26N8. The standard InChI is InChI=1S/C29H26N8/c1-2-21(16-31-8-1)23-7-11-33-28-26(23)34-29(35-28)27-24-14-20(3-4-25(24)36-37-27)22-13-19(15-32-17-22)12-18-5-9-30-10-6-18/h1-4,7-8,11,13-18,30H,5-6,9-10,12H2,(H,36,37)(H,33,34,35). The molecule has 0 saturated carbocycles. The second kappa shape index (κ2) is 9.22. The molecule has 1 fully saturated rings. The van der Waals surface area contributed by atoms with Gasteiger partial charge in [-0.1, -0.05) is 12.1 Å². The molecule has 1 aliphatic rings. The quantitative estimate of drug-likeness (QED) is 0.310. The van der Waals surface area contributed by atoms with Crippen molar-refractivity contribution in [3.8, 4) is 33.8 Å². The first kappa shape index (κ1) is 21.8. The molecule has 0 aliphatic carbocycles. The maximum Gasteiger partial charge on any atom is 0.178 e. The summed E-state index contributed by atoms with van der Waals surface area (Å²) in [6, 6.07) is 14.6. The zero-order valence-corrected chi connectivity index (χ0v) is 20.3. The number of imidazole rings is 1. The molecule has 0 amide bonds. The summed E-state index contributed by atoms with van der Waals surface area (Å²) in [7, 11) is 0. The van der Waals surface area contributed by atoms with Crippen LogP contribution in [0.15, 0.2) is 73.4 Å².